The van der Waals surface area contributed by atoms with Gasteiger partial charge in [-0.15, -0.1) is 11.3 Å². The third-order valence-electron chi connectivity index (χ3n) is 4.64. The molecule has 1 saturated carbocycles. The minimum absolute atomic E-state index is 0.0970. The Balaban J connectivity index is 1.44. The van der Waals surface area contributed by atoms with E-state index in [4.69, 9.17) is 0 Å². The van der Waals surface area contributed by atoms with Crippen LogP contribution in [0.25, 0.3) is 0 Å². The monoisotopic (exact) mass is 371 g/mol. The number of carbonyl (C=O) groups is 2. The van der Waals surface area contributed by atoms with Crippen LogP contribution >= 0.6 is 11.3 Å². The molecule has 0 spiro atoms. The summed E-state index contributed by atoms with van der Waals surface area (Å²) < 4.78 is 0. The van der Waals surface area contributed by atoms with E-state index < -0.39 is 0 Å². The lowest BCUT2D eigenvalue weighted by Gasteiger charge is -2.15. The molecule has 0 radical (unpaired) electrons. The average Bonchev–Trinajstić information content (AvgIpc) is 2.94. The number of aryl methyl sites for hydroxylation is 1. The molecule has 5 nitrogen and oxygen atoms in total. The molecule has 0 atom stereocenters. The summed E-state index contributed by atoms with van der Waals surface area (Å²) >= 11 is 1.39. The van der Waals surface area contributed by atoms with Gasteiger partial charge in [0.05, 0.1) is 5.69 Å². The lowest BCUT2D eigenvalue weighted by Crippen LogP contribution is -2.34. The standard InChI is InChI=1S/C20H25N3O2S/c24-18(21-16-10-6-1-2-7-11-16)13-12-17-14-26-20(22-17)23-19(25)15-8-4-3-5-9-15/h3-5,8-9,14,16H,1-2,6-7,10-13H2,(H,21,24)(H,22,23,25). The molecule has 1 aliphatic carbocycles. The highest BCUT2D eigenvalue weighted by Crippen LogP contribution is 2.19. The van der Waals surface area contributed by atoms with Crippen LogP contribution in [-0.2, 0) is 11.2 Å². The Morgan fingerprint density at radius 1 is 1.08 bits per heavy atom. The largest absolute Gasteiger partial charge is 0.353 e. The highest BCUT2D eigenvalue weighted by Gasteiger charge is 2.15. The predicted molar refractivity (Wildman–Crippen MR) is 104 cm³/mol. The zero-order chi connectivity index (χ0) is 18.2. The number of nitrogens with zero attached hydrogens (tertiary/aromatic N) is 1. The fourth-order valence-corrected chi connectivity index (χ4v) is 3.94. The topological polar surface area (TPSA) is 71.1 Å². The molecule has 3 rings (SSSR count). The van der Waals surface area contributed by atoms with Crippen LogP contribution in [0.3, 0.4) is 0 Å². The summed E-state index contributed by atoms with van der Waals surface area (Å²) in [5.41, 5.74) is 1.45. The molecule has 2 N–H and O–H groups in total. The summed E-state index contributed by atoms with van der Waals surface area (Å²) in [5.74, 6) is -0.0719. The zero-order valence-electron chi connectivity index (χ0n) is 14.9. The zero-order valence-corrected chi connectivity index (χ0v) is 15.7. The van der Waals surface area contributed by atoms with Crippen molar-refractivity contribution >= 4 is 28.3 Å². The molecule has 2 amide bonds. The van der Waals surface area contributed by atoms with Gasteiger partial charge >= 0.3 is 0 Å². The Morgan fingerprint density at radius 3 is 2.54 bits per heavy atom. The van der Waals surface area contributed by atoms with E-state index in [2.05, 4.69) is 15.6 Å². The molecule has 1 fully saturated rings. The number of hydrogen-bond donors (Lipinski definition) is 2. The van der Waals surface area contributed by atoms with Gasteiger partial charge in [0, 0.05) is 23.4 Å². The van der Waals surface area contributed by atoms with Gasteiger partial charge in [-0.25, -0.2) is 4.98 Å². The van der Waals surface area contributed by atoms with Gasteiger partial charge in [0.2, 0.25) is 5.91 Å². The summed E-state index contributed by atoms with van der Waals surface area (Å²) in [5, 5.41) is 8.43. The highest BCUT2D eigenvalue weighted by atomic mass is 32.1. The second kappa shape index (κ2) is 9.48. The summed E-state index contributed by atoms with van der Waals surface area (Å²) in [4.78, 5) is 28.7. The predicted octanol–water partition coefficient (Wildman–Crippen LogP) is 4.17. The summed E-state index contributed by atoms with van der Waals surface area (Å²) in [6.07, 6.45) is 8.20. The van der Waals surface area contributed by atoms with Gasteiger partial charge in [0.25, 0.3) is 5.91 Å². The van der Waals surface area contributed by atoms with Gasteiger partial charge in [-0.2, -0.15) is 0 Å². The molecule has 0 saturated heterocycles. The SMILES string of the molecule is O=C(CCc1csc(NC(=O)c2ccccc2)n1)NC1CCCCCC1. The first-order valence-electron chi connectivity index (χ1n) is 9.31. The number of nitrogens with one attached hydrogen (secondary N) is 2. The van der Waals surface area contributed by atoms with E-state index >= 15 is 0 Å². The number of hydrogen-bond acceptors (Lipinski definition) is 4. The Morgan fingerprint density at radius 2 is 1.81 bits per heavy atom. The maximum atomic E-state index is 12.2. The fourth-order valence-electron chi connectivity index (χ4n) is 3.20. The van der Waals surface area contributed by atoms with E-state index in [-0.39, 0.29) is 11.8 Å². The van der Waals surface area contributed by atoms with Gasteiger partial charge in [-0.1, -0.05) is 43.9 Å². The van der Waals surface area contributed by atoms with Gasteiger partial charge < -0.3 is 5.32 Å². The minimum Gasteiger partial charge on any atom is -0.353 e. The van der Waals surface area contributed by atoms with Crippen LogP contribution in [0.1, 0.15) is 61.0 Å². The molecular formula is C20H25N3O2S. The second-order valence-electron chi connectivity index (χ2n) is 6.72. The third-order valence-corrected chi connectivity index (χ3v) is 5.44. The lowest BCUT2D eigenvalue weighted by atomic mass is 10.1. The molecule has 138 valence electrons. The van der Waals surface area contributed by atoms with Crippen LogP contribution in [0.15, 0.2) is 35.7 Å². The number of aromatic nitrogens is 1. The van der Waals surface area contributed by atoms with Crippen molar-refractivity contribution in [3.05, 3.63) is 47.0 Å². The van der Waals surface area contributed by atoms with Crippen molar-refractivity contribution in [2.45, 2.75) is 57.4 Å². The minimum atomic E-state index is -0.169. The molecule has 0 unspecified atom stereocenters. The van der Waals surface area contributed by atoms with Gasteiger partial charge in [-0.3, -0.25) is 14.9 Å². The first-order valence-corrected chi connectivity index (χ1v) is 10.2. The normalized spacial score (nSPS) is 15.2. The highest BCUT2D eigenvalue weighted by molar-refractivity contribution is 7.14. The average molecular weight is 372 g/mol. The van der Waals surface area contributed by atoms with Crippen LogP contribution in [0, 0.1) is 0 Å². The van der Waals surface area contributed by atoms with Crippen molar-refractivity contribution in [1.29, 1.82) is 0 Å². The second-order valence-corrected chi connectivity index (χ2v) is 7.58. The van der Waals surface area contributed by atoms with Gasteiger partial charge in [0.15, 0.2) is 5.13 Å². The van der Waals surface area contributed by atoms with Crippen LogP contribution in [0.4, 0.5) is 5.13 Å². The van der Waals surface area contributed by atoms with E-state index in [0.29, 0.717) is 29.6 Å². The molecule has 1 heterocycles. The van der Waals surface area contributed by atoms with Crippen LogP contribution < -0.4 is 10.6 Å². The first-order chi connectivity index (χ1) is 12.7. The maximum absolute atomic E-state index is 12.2. The van der Waals surface area contributed by atoms with E-state index in [0.717, 1.165) is 18.5 Å². The molecule has 2 aromatic rings. The Labute approximate surface area is 158 Å². The van der Waals surface area contributed by atoms with E-state index in [1.165, 1.54) is 37.0 Å². The van der Waals surface area contributed by atoms with Crippen molar-refractivity contribution in [3.8, 4) is 0 Å². The number of thiazole rings is 1. The number of rotatable bonds is 6. The number of anilines is 1. The van der Waals surface area contributed by atoms with E-state index in [1.807, 2.05) is 23.6 Å². The van der Waals surface area contributed by atoms with Crippen molar-refractivity contribution in [3.63, 3.8) is 0 Å². The third kappa shape index (κ3) is 5.66. The molecule has 6 heteroatoms. The summed E-state index contributed by atoms with van der Waals surface area (Å²) in [6.45, 7) is 0. The van der Waals surface area contributed by atoms with Crippen molar-refractivity contribution in [2.24, 2.45) is 0 Å². The van der Waals surface area contributed by atoms with Gasteiger partial charge in [-0.05, 0) is 31.4 Å². The molecule has 1 aromatic carbocycles. The van der Waals surface area contributed by atoms with Crippen LogP contribution in [0.2, 0.25) is 0 Å². The summed E-state index contributed by atoms with van der Waals surface area (Å²) in [7, 11) is 0. The number of carbonyl (C=O) groups excluding carboxylic acids is 2. The van der Waals surface area contributed by atoms with Crippen molar-refractivity contribution in [2.75, 3.05) is 5.32 Å². The molecule has 0 aliphatic heterocycles. The Hall–Kier alpha value is -2.21. The van der Waals surface area contributed by atoms with E-state index in [9.17, 15) is 9.59 Å². The van der Waals surface area contributed by atoms with Gasteiger partial charge in [0.1, 0.15) is 0 Å². The molecule has 1 aliphatic rings. The summed E-state index contributed by atoms with van der Waals surface area (Å²) in [6, 6.07) is 9.40. The number of amides is 2. The molecule has 1 aromatic heterocycles. The van der Waals surface area contributed by atoms with E-state index in [1.54, 1.807) is 12.1 Å². The quantitative estimate of drug-likeness (QED) is 0.749. The molecular weight excluding hydrogens is 346 g/mol. The fraction of sp³-hybridized carbons (Fsp3) is 0.450. The first kappa shape index (κ1) is 18.6. The van der Waals surface area contributed by atoms with Crippen molar-refractivity contribution in [1.82, 2.24) is 10.3 Å². The molecule has 26 heavy (non-hydrogen) atoms. The molecule has 0 bridgehead atoms. The van der Waals surface area contributed by atoms with Crippen LogP contribution in [-0.4, -0.2) is 22.8 Å². The Bertz CT molecular complexity index is 722. The Kier molecular flexibility index (Phi) is 6.77. The number of benzene rings is 1. The maximum Gasteiger partial charge on any atom is 0.257 e. The van der Waals surface area contributed by atoms with Crippen LogP contribution in [0.5, 0.6) is 0 Å². The lowest BCUT2D eigenvalue weighted by molar-refractivity contribution is -0.121. The van der Waals surface area contributed by atoms with Crippen molar-refractivity contribution < 1.29 is 9.59 Å². The smallest absolute Gasteiger partial charge is 0.257 e.